The van der Waals surface area contributed by atoms with Gasteiger partial charge in [-0.25, -0.2) is 10.3 Å². The van der Waals surface area contributed by atoms with Gasteiger partial charge in [-0.2, -0.15) is 0 Å². The van der Waals surface area contributed by atoms with E-state index in [-0.39, 0.29) is 6.61 Å². The van der Waals surface area contributed by atoms with Crippen molar-refractivity contribution in [3.05, 3.63) is 34.9 Å². The van der Waals surface area contributed by atoms with E-state index in [1.165, 1.54) is 0 Å². The SMILES string of the molecule is NOCC(F)c1ccccc1Cl. The Morgan fingerprint density at radius 2 is 2.17 bits per heavy atom. The van der Waals surface area contributed by atoms with E-state index in [4.69, 9.17) is 17.5 Å². The smallest absolute Gasteiger partial charge is 0.152 e. The topological polar surface area (TPSA) is 35.2 Å². The first-order chi connectivity index (χ1) is 5.75. The van der Waals surface area contributed by atoms with Gasteiger partial charge in [0.05, 0.1) is 0 Å². The Bertz CT molecular complexity index is 257. The number of nitrogens with two attached hydrogens (primary N) is 1. The van der Waals surface area contributed by atoms with Crippen LogP contribution in [0.15, 0.2) is 24.3 Å². The van der Waals surface area contributed by atoms with Crippen molar-refractivity contribution in [3.8, 4) is 0 Å². The molecule has 1 aromatic carbocycles. The molecule has 0 aliphatic rings. The van der Waals surface area contributed by atoms with Gasteiger partial charge in [-0.1, -0.05) is 29.8 Å². The second-order valence-corrected chi connectivity index (χ2v) is 2.73. The van der Waals surface area contributed by atoms with Gasteiger partial charge in [0.15, 0.2) is 6.17 Å². The Balaban J connectivity index is 2.79. The summed E-state index contributed by atoms with van der Waals surface area (Å²) in [6, 6.07) is 6.68. The fourth-order valence-corrected chi connectivity index (χ4v) is 1.16. The third kappa shape index (κ3) is 2.17. The van der Waals surface area contributed by atoms with Gasteiger partial charge in [-0.3, -0.25) is 0 Å². The van der Waals surface area contributed by atoms with Gasteiger partial charge >= 0.3 is 0 Å². The molecule has 1 aromatic rings. The zero-order valence-electron chi connectivity index (χ0n) is 6.34. The average Bonchev–Trinajstić information content (AvgIpc) is 2.05. The average molecular weight is 190 g/mol. The molecule has 0 heterocycles. The van der Waals surface area contributed by atoms with Crippen LogP contribution in [0.3, 0.4) is 0 Å². The molecule has 1 atom stereocenters. The minimum Gasteiger partial charge on any atom is -0.301 e. The predicted octanol–water partition coefficient (Wildman–Crippen LogP) is 2.24. The van der Waals surface area contributed by atoms with Crippen LogP contribution in [0.2, 0.25) is 5.02 Å². The molecule has 0 fully saturated rings. The lowest BCUT2D eigenvalue weighted by molar-refractivity contribution is 0.0817. The Hall–Kier alpha value is -0.640. The van der Waals surface area contributed by atoms with Crippen LogP contribution in [0.1, 0.15) is 11.7 Å². The second-order valence-electron chi connectivity index (χ2n) is 2.32. The number of benzene rings is 1. The maximum absolute atomic E-state index is 13.1. The fraction of sp³-hybridized carbons (Fsp3) is 0.250. The minimum absolute atomic E-state index is 0.177. The maximum Gasteiger partial charge on any atom is 0.152 e. The molecule has 0 saturated carbocycles. The molecular formula is C8H9ClFNO. The van der Waals surface area contributed by atoms with Gasteiger partial charge in [0.25, 0.3) is 0 Å². The van der Waals surface area contributed by atoms with Crippen LogP contribution in [-0.4, -0.2) is 6.61 Å². The molecule has 1 rings (SSSR count). The zero-order valence-corrected chi connectivity index (χ0v) is 7.09. The van der Waals surface area contributed by atoms with Gasteiger partial charge in [0.1, 0.15) is 6.61 Å². The maximum atomic E-state index is 13.1. The van der Waals surface area contributed by atoms with Gasteiger partial charge < -0.3 is 4.84 Å². The first-order valence-corrected chi connectivity index (χ1v) is 3.83. The van der Waals surface area contributed by atoms with Gasteiger partial charge in [-0.05, 0) is 6.07 Å². The van der Waals surface area contributed by atoms with E-state index in [9.17, 15) is 4.39 Å². The van der Waals surface area contributed by atoms with Gasteiger partial charge in [0.2, 0.25) is 0 Å². The lowest BCUT2D eigenvalue weighted by atomic mass is 10.1. The lowest BCUT2D eigenvalue weighted by Gasteiger charge is -2.07. The summed E-state index contributed by atoms with van der Waals surface area (Å²) in [5.41, 5.74) is 0.407. The van der Waals surface area contributed by atoms with Crippen molar-refractivity contribution in [2.45, 2.75) is 6.17 Å². The number of rotatable bonds is 3. The van der Waals surface area contributed by atoms with Gasteiger partial charge in [0, 0.05) is 10.6 Å². The van der Waals surface area contributed by atoms with Crippen LogP contribution in [0.25, 0.3) is 0 Å². The third-order valence-electron chi connectivity index (χ3n) is 1.49. The number of halogens is 2. The Morgan fingerprint density at radius 3 is 2.75 bits per heavy atom. The van der Waals surface area contributed by atoms with Crippen LogP contribution >= 0.6 is 11.6 Å². The summed E-state index contributed by atoms with van der Waals surface area (Å²) >= 11 is 5.72. The molecule has 0 aliphatic heterocycles. The van der Waals surface area contributed by atoms with E-state index in [0.29, 0.717) is 10.6 Å². The molecule has 0 aromatic heterocycles. The highest BCUT2D eigenvalue weighted by atomic mass is 35.5. The van der Waals surface area contributed by atoms with E-state index in [1.807, 2.05) is 0 Å². The molecule has 1 unspecified atom stereocenters. The Labute approximate surface area is 75.0 Å². The van der Waals surface area contributed by atoms with Crippen molar-refractivity contribution in [1.29, 1.82) is 0 Å². The number of alkyl halides is 1. The van der Waals surface area contributed by atoms with Crippen molar-refractivity contribution in [1.82, 2.24) is 0 Å². The van der Waals surface area contributed by atoms with Crippen molar-refractivity contribution < 1.29 is 9.23 Å². The fourth-order valence-electron chi connectivity index (χ4n) is 0.903. The molecule has 0 amide bonds. The van der Waals surface area contributed by atoms with E-state index in [0.717, 1.165) is 0 Å². The van der Waals surface area contributed by atoms with E-state index < -0.39 is 6.17 Å². The standard InChI is InChI=1S/C8H9ClFNO/c9-7-4-2-1-3-6(7)8(10)5-12-11/h1-4,8H,5,11H2. The molecule has 4 heteroatoms. The van der Waals surface area contributed by atoms with Crippen LogP contribution in [0.4, 0.5) is 4.39 Å². The molecule has 0 aliphatic carbocycles. The summed E-state index contributed by atoms with van der Waals surface area (Å²) < 4.78 is 13.1. The molecule has 0 saturated heterocycles. The first-order valence-electron chi connectivity index (χ1n) is 3.46. The van der Waals surface area contributed by atoms with Crippen LogP contribution < -0.4 is 5.90 Å². The molecule has 12 heavy (non-hydrogen) atoms. The zero-order chi connectivity index (χ0) is 8.97. The van der Waals surface area contributed by atoms with Crippen LogP contribution in [-0.2, 0) is 4.84 Å². The number of hydrogen-bond donors (Lipinski definition) is 1. The molecule has 2 nitrogen and oxygen atoms in total. The summed E-state index contributed by atoms with van der Waals surface area (Å²) in [4.78, 5) is 4.18. The highest BCUT2D eigenvalue weighted by Gasteiger charge is 2.12. The highest BCUT2D eigenvalue weighted by Crippen LogP contribution is 2.24. The first kappa shape index (κ1) is 9.45. The van der Waals surface area contributed by atoms with Crippen molar-refractivity contribution in [2.24, 2.45) is 5.90 Å². The van der Waals surface area contributed by atoms with Gasteiger partial charge in [-0.15, -0.1) is 0 Å². The molecule has 0 radical (unpaired) electrons. The molecule has 0 bridgehead atoms. The molecule has 0 spiro atoms. The monoisotopic (exact) mass is 189 g/mol. The Kier molecular flexibility index (Phi) is 3.47. The second kappa shape index (κ2) is 4.40. The summed E-state index contributed by atoms with van der Waals surface area (Å²) in [5.74, 6) is 4.73. The van der Waals surface area contributed by atoms with E-state index in [1.54, 1.807) is 24.3 Å². The normalized spacial score (nSPS) is 12.9. The van der Waals surface area contributed by atoms with E-state index >= 15 is 0 Å². The summed E-state index contributed by atoms with van der Waals surface area (Å²) in [6.45, 7) is -0.177. The minimum atomic E-state index is -1.26. The van der Waals surface area contributed by atoms with Crippen molar-refractivity contribution >= 4 is 11.6 Å². The third-order valence-corrected chi connectivity index (χ3v) is 1.83. The molecular weight excluding hydrogens is 181 g/mol. The van der Waals surface area contributed by atoms with Crippen molar-refractivity contribution in [3.63, 3.8) is 0 Å². The Morgan fingerprint density at radius 1 is 1.50 bits per heavy atom. The van der Waals surface area contributed by atoms with Crippen molar-refractivity contribution in [2.75, 3.05) is 6.61 Å². The molecule has 2 N–H and O–H groups in total. The highest BCUT2D eigenvalue weighted by molar-refractivity contribution is 6.31. The summed E-state index contributed by atoms with van der Waals surface area (Å²) in [5, 5.41) is 0.391. The predicted molar refractivity (Wildman–Crippen MR) is 45.4 cm³/mol. The van der Waals surface area contributed by atoms with Crippen LogP contribution in [0.5, 0.6) is 0 Å². The lowest BCUT2D eigenvalue weighted by Crippen LogP contribution is -2.07. The number of hydrogen-bond acceptors (Lipinski definition) is 2. The quantitative estimate of drug-likeness (QED) is 0.741. The summed E-state index contributed by atoms with van der Waals surface area (Å²) in [7, 11) is 0. The molecule has 66 valence electrons. The largest absolute Gasteiger partial charge is 0.301 e. The van der Waals surface area contributed by atoms with E-state index in [2.05, 4.69) is 4.84 Å². The summed E-state index contributed by atoms with van der Waals surface area (Å²) in [6.07, 6.45) is -1.26. The van der Waals surface area contributed by atoms with Crippen LogP contribution in [0, 0.1) is 0 Å².